The summed E-state index contributed by atoms with van der Waals surface area (Å²) in [6.07, 6.45) is 3.40. The van der Waals surface area contributed by atoms with E-state index in [9.17, 15) is 14.9 Å². The molecule has 0 atom stereocenters. The highest BCUT2D eigenvalue weighted by Gasteiger charge is 2.25. The van der Waals surface area contributed by atoms with Gasteiger partial charge in [0.1, 0.15) is 11.3 Å². The first-order valence-corrected chi connectivity index (χ1v) is 12.1. The fourth-order valence-electron chi connectivity index (χ4n) is 3.58. The predicted molar refractivity (Wildman–Crippen MR) is 134 cm³/mol. The number of amides is 1. The van der Waals surface area contributed by atoms with Crippen LogP contribution >= 0.6 is 22.7 Å². The number of benzene rings is 2. The third kappa shape index (κ3) is 4.20. The lowest BCUT2D eigenvalue weighted by atomic mass is 10.2. The van der Waals surface area contributed by atoms with Gasteiger partial charge in [0.2, 0.25) is 0 Å². The summed E-state index contributed by atoms with van der Waals surface area (Å²) in [5.74, 6) is 0.440. The van der Waals surface area contributed by atoms with E-state index in [1.807, 2.05) is 37.3 Å². The van der Waals surface area contributed by atoms with Crippen molar-refractivity contribution in [1.82, 2.24) is 9.97 Å². The monoisotopic (exact) mass is 490 g/mol. The highest BCUT2D eigenvalue weighted by atomic mass is 32.1. The lowest BCUT2D eigenvalue weighted by Gasteiger charge is -2.19. The van der Waals surface area contributed by atoms with E-state index in [0.29, 0.717) is 33.3 Å². The van der Waals surface area contributed by atoms with Crippen molar-refractivity contribution in [1.29, 1.82) is 0 Å². The van der Waals surface area contributed by atoms with Gasteiger partial charge in [0, 0.05) is 34.6 Å². The Morgan fingerprint density at radius 1 is 1.12 bits per heavy atom. The number of hydrogen-bond acceptors (Lipinski definition) is 8. The Bertz CT molecular complexity index is 1510. The minimum absolute atomic E-state index is 0.00820. The minimum Gasteiger partial charge on any atom is -0.492 e. The molecular formula is C24H18N4O4S2. The average Bonchev–Trinajstić information content (AvgIpc) is 3.47. The van der Waals surface area contributed by atoms with Crippen LogP contribution in [-0.2, 0) is 6.54 Å². The Balaban J connectivity index is 1.58. The molecule has 1 amide bonds. The molecule has 3 aromatic heterocycles. The molecule has 10 heteroatoms. The fourth-order valence-corrected chi connectivity index (χ4v) is 5.56. The van der Waals surface area contributed by atoms with Gasteiger partial charge in [0.05, 0.1) is 27.7 Å². The molecule has 0 saturated heterocycles. The lowest BCUT2D eigenvalue weighted by molar-refractivity contribution is -0.384. The second kappa shape index (κ2) is 9.16. The molecule has 0 saturated carbocycles. The van der Waals surface area contributed by atoms with Crippen molar-refractivity contribution < 1.29 is 14.5 Å². The van der Waals surface area contributed by atoms with Crippen molar-refractivity contribution in [3.05, 3.63) is 87.5 Å². The van der Waals surface area contributed by atoms with Crippen LogP contribution in [0.5, 0.6) is 5.75 Å². The average molecular weight is 491 g/mol. The largest absolute Gasteiger partial charge is 0.492 e. The summed E-state index contributed by atoms with van der Waals surface area (Å²) in [6.45, 7) is 2.71. The Hall–Kier alpha value is -3.89. The molecule has 0 aliphatic heterocycles. The number of carbonyl (C=O) groups is 1. The zero-order chi connectivity index (χ0) is 23.7. The summed E-state index contributed by atoms with van der Waals surface area (Å²) < 4.78 is 7.44. The van der Waals surface area contributed by atoms with Crippen LogP contribution in [0.3, 0.4) is 0 Å². The standard InChI is InChI=1S/C24H18N4O4S2/c1-2-32-18-6-3-7-20-22(18)26-24(34-20)27(14-15-5-4-10-25-13-15)23(29)21-12-16-11-17(28(30)31)8-9-19(16)33-21/h3-13H,2,14H2,1H3. The number of para-hydroxylation sites is 1. The molecule has 0 aliphatic carbocycles. The van der Waals surface area contributed by atoms with Crippen LogP contribution < -0.4 is 9.64 Å². The van der Waals surface area contributed by atoms with Crippen LogP contribution in [0.25, 0.3) is 20.3 Å². The quantitative estimate of drug-likeness (QED) is 0.203. The maximum absolute atomic E-state index is 13.7. The second-order valence-electron chi connectivity index (χ2n) is 7.37. The van der Waals surface area contributed by atoms with E-state index in [4.69, 9.17) is 9.72 Å². The number of thiophene rings is 1. The van der Waals surface area contributed by atoms with Gasteiger partial charge >= 0.3 is 0 Å². The Morgan fingerprint density at radius 3 is 2.76 bits per heavy atom. The summed E-state index contributed by atoms with van der Waals surface area (Å²) in [7, 11) is 0. The molecule has 0 N–H and O–H groups in total. The van der Waals surface area contributed by atoms with Gasteiger partial charge in [-0.3, -0.25) is 24.8 Å². The summed E-state index contributed by atoms with van der Waals surface area (Å²) in [5.41, 5.74) is 1.56. The molecule has 34 heavy (non-hydrogen) atoms. The molecule has 0 spiro atoms. The van der Waals surface area contributed by atoms with Gasteiger partial charge in [-0.1, -0.05) is 23.5 Å². The van der Waals surface area contributed by atoms with Crippen LogP contribution in [0.1, 0.15) is 22.2 Å². The van der Waals surface area contributed by atoms with Crippen LogP contribution in [-0.4, -0.2) is 27.4 Å². The van der Waals surface area contributed by atoms with Gasteiger partial charge < -0.3 is 4.74 Å². The number of non-ortho nitro benzene ring substituents is 1. The van der Waals surface area contributed by atoms with E-state index < -0.39 is 4.92 Å². The van der Waals surface area contributed by atoms with Gasteiger partial charge in [-0.2, -0.15) is 0 Å². The highest BCUT2D eigenvalue weighted by molar-refractivity contribution is 7.23. The number of aromatic nitrogens is 2. The Labute approximate surface area is 202 Å². The van der Waals surface area contributed by atoms with Gasteiger partial charge in [-0.25, -0.2) is 4.98 Å². The molecule has 0 unspecified atom stereocenters. The molecule has 0 fully saturated rings. The number of thiazole rings is 1. The molecule has 0 bridgehead atoms. The van der Waals surface area contributed by atoms with Crippen molar-refractivity contribution in [3.8, 4) is 5.75 Å². The highest BCUT2D eigenvalue weighted by Crippen LogP contribution is 2.37. The van der Waals surface area contributed by atoms with E-state index in [0.717, 1.165) is 15.0 Å². The first kappa shape index (κ1) is 21.9. The number of nitro groups is 1. The number of nitro benzene ring substituents is 1. The van der Waals surface area contributed by atoms with Crippen molar-refractivity contribution in [2.24, 2.45) is 0 Å². The smallest absolute Gasteiger partial charge is 0.270 e. The van der Waals surface area contributed by atoms with E-state index >= 15 is 0 Å². The van der Waals surface area contributed by atoms with Crippen molar-refractivity contribution in [2.75, 3.05) is 11.5 Å². The number of rotatable bonds is 7. The molecule has 0 aliphatic rings. The predicted octanol–water partition coefficient (Wildman–Crippen LogP) is 6.06. The number of pyridine rings is 1. The topological polar surface area (TPSA) is 98.5 Å². The fraction of sp³-hybridized carbons (Fsp3) is 0.125. The molecular weight excluding hydrogens is 472 g/mol. The lowest BCUT2D eigenvalue weighted by Crippen LogP contribution is -2.29. The molecule has 0 radical (unpaired) electrons. The third-order valence-corrected chi connectivity index (χ3v) is 7.28. The van der Waals surface area contributed by atoms with E-state index in [1.54, 1.807) is 29.4 Å². The molecule has 8 nitrogen and oxygen atoms in total. The van der Waals surface area contributed by atoms with Crippen molar-refractivity contribution in [3.63, 3.8) is 0 Å². The normalized spacial score (nSPS) is 11.1. The number of nitrogens with zero attached hydrogens (tertiary/aromatic N) is 4. The van der Waals surface area contributed by atoms with Gasteiger partial charge in [-0.05, 0) is 42.8 Å². The third-order valence-electron chi connectivity index (χ3n) is 5.13. The van der Waals surface area contributed by atoms with Crippen LogP contribution in [0, 0.1) is 10.1 Å². The summed E-state index contributed by atoms with van der Waals surface area (Å²) in [5, 5.41) is 12.4. The van der Waals surface area contributed by atoms with Gasteiger partial charge in [0.15, 0.2) is 5.13 Å². The first-order chi connectivity index (χ1) is 16.5. The van der Waals surface area contributed by atoms with Crippen LogP contribution in [0.4, 0.5) is 10.8 Å². The van der Waals surface area contributed by atoms with Crippen molar-refractivity contribution in [2.45, 2.75) is 13.5 Å². The molecule has 170 valence electrons. The maximum Gasteiger partial charge on any atom is 0.270 e. The SMILES string of the molecule is CCOc1cccc2sc(N(Cc3cccnc3)C(=O)c3cc4cc([N+](=O)[O-])ccc4s3)nc12. The zero-order valence-electron chi connectivity index (χ0n) is 18.0. The van der Waals surface area contributed by atoms with E-state index in [2.05, 4.69) is 4.98 Å². The number of anilines is 1. The first-order valence-electron chi connectivity index (χ1n) is 10.4. The summed E-state index contributed by atoms with van der Waals surface area (Å²) in [6, 6.07) is 15.7. The zero-order valence-corrected chi connectivity index (χ0v) is 19.6. The van der Waals surface area contributed by atoms with E-state index in [1.165, 1.54) is 34.8 Å². The maximum atomic E-state index is 13.7. The van der Waals surface area contributed by atoms with E-state index in [-0.39, 0.29) is 18.1 Å². The number of fused-ring (bicyclic) bond motifs is 2. The Morgan fingerprint density at radius 2 is 2.00 bits per heavy atom. The molecule has 5 aromatic rings. The summed E-state index contributed by atoms with van der Waals surface area (Å²) in [4.78, 5) is 35.5. The number of hydrogen-bond donors (Lipinski definition) is 0. The van der Waals surface area contributed by atoms with Gasteiger partial charge in [0.25, 0.3) is 11.6 Å². The minimum atomic E-state index is -0.440. The van der Waals surface area contributed by atoms with Crippen molar-refractivity contribution >= 4 is 59.7 Å². The van der Waals surface area contributed by atoms with Gasteiger partial charge in [-0.15, -0.1) is 11.3 Å². The number of ether oxygens (including phenoxy) is 1. The van der Waals surface area contributed by atoms with Crippen LogP contribution in [0.2, 0.25) is 0 Å². The molecule has 5 rings (SSSR count). The summed E-state index contributed by atoms with van der Waals surface area (Å²) >= 11 is 2.71. The number of carbonyl (C=O) groups excluding carboxylic acids is 1. The molecule has 3 heterocycles. The Kier molecular flexibility index (Phi) is 5.91. The van der Waals surface area contributed by atoms with Crippen LogP contribution in [0.15, 0.2) is 67.0 Å². The molecule has 2 aromatic carbocycles. The second-order valence-corrected chi connectivity index (χ2v) is 9.47.